The van der Waals surface area contributed by atoms with Gasteiger partial charge in [0.25, 0.3) is 0 Å². The second-order valence-electron chi connectivity index (χ2n) is 7.09. The average Bonchev–Trinajstić information content (AvgIpc) is 3.06. The predicted octanol–water partition coefficient (Wildman–Crippen LogP) is 1.87. The fraction of sp³-hybridized carbons (Fsp3) is 0.450. The molecular weight excluding hydrogens is 358 g/mol. The third-order valence-corrected chi connectivity index (χ3v) is 5.13. The molecule has 2 aliphatic rings. The van der Waals surface area contributed by atoms with E-state index in [2.05, 4.69) is 14.9 Å². The van der Waals surface area contributed by atoms with Crippen molar-refractivity contribution in [2.75, 3.05) is 44.0 Å². The number of anilines is 2. The summed E-state index contributed by atoms with van der Waals surface area (Å²) < 4.78 is 16.5. The smallest absolute Gasteiger partial charge is 0.132 e. The molecule has 28 heavy (non-hydrogen) atoms. The van der Waals surface area contributed by atoms with Crippen LogP contribution >= 0.6 is 0 Å². The number of nitrogens with zero attached hydrogens (tertiary/aromatic N) is 3. The number of ether oxygens (including phenoxy) is 3. The lowest BCUT2D eigenvalue weighted by atomic mass is 10.0. The van der Waals surface area contributed by atoms with Gasteiger partial charge in [0.2, 0.25) is 0 Å². The molecular formula is C20H25N5O3. The highest BCUT2D eigenvalue weighted by molar-refractivity contribution is 6.13. The summed E-state index contributed by atoms with van der Waals surface area (Å²) in [6.07, 6.45) is 4.25. The van der Waals surface area contributed by atoms with Gasteiger partial charge in [0, 0.05) is 37.5 Å². The van der Waals surface area contributed by atoms with Gasteiger partial charge in [-0.3, -0.25) is 5.41 Å². The van der Waals surface area contributed by atoms with E-state index in [1.807, 2.05) is 6.07 Å². The standard InChI is InChI=1S/C20H25N5O3/c1-26-6-7-27-13-4-5-17(21)16(8-13)20(22)18-9-19(24-12-23-18)25-10-14-2-3-15(11-25)28-14/h4-5,8-9,12,14-15,22H,2-3,6-7,10-11,21H2,1H3. The Labute approximate surface area is 164 Å². The van der Waals surface area contributed by atoms with E-state index in [-0.39, 0.29) is 17.9 Å². The summed E-state index contributed by atoms with van der Waals surface area (Å²) in [4.78, 5) is 10.9. The third-order valence-electron chi connectivity index (χ3n) is 5.13. The van der Waals surface area contributed by atoms with Crippen LogP contribution in [0.3, 0.4) is 0 Å². The molecule has 2 atom stereocenters. The summed E-state index contributed by atoms with van der Waals surface area (Å²) in [5.74, 6) is 1.46. The zero-order valence-corrected chi connectivity index (χ0v) is 15.9. The summed E-state index contributed by atoms with van der Waals surface area (Å²) in [5, 5.41) is 8.63. The molecule has 2 saturated heterocycles. The van der Waals surface area contributed by atoms with E-state index in [1.54, 1.807) is 25.3 Å². The molecule has 8 heteroatoms. The third kappa shape index (κ3) is 3.93. The molecule has 1 aromatic carbocycles. The number of nitrogens with two attached hydrogens (primary N) is 1. The lowest BCUT2D eigenvalue weighted by Gasteiger charge is -2.33. The van der Waals surface area contributed by atoms with Crippen molar-refractivity contribution in [3.8, 4) is 5.75 Å². The van der Waals surface area contributed by atoms with Crippen LogP contribution in [0, 0.1) is 5.41 Å². The molecule has 1 aromatic heterocycles. The first kappa shape index (κ1) is 18.6. The monoisotopic (exact) mass is 383 g/mol. The number of morpholine rings is 1. The van der Waals surface area contributed by atoms with Gasteiger partial charge < -0.3 is 24.8 Å². The summed E-state index contributed by atoms with van der Waals surface area (Å²) in [6.45, 7) is 2.58. The van der Waals surface area contributed by atoms with E-state index < -0.39 is 0 Å². The minimum atomic E-state index is 0.245. The van der Waals surface area contributed by atoms with Gasteiger partial charge in [-0.25, -0.2) is 9.97 Å². The van der Waals surface area contributed by atoms with Crippen LogP contribution in [-0.4, -0.2) is 61.3 Å². The number of rotatable bonds is 7. The first-order chi connectivity index (χ1) is 13.6. The number of hydrogen-bond acceptors (Lipinski definition) is 8. The van der Waals surface area contributed by atoms with Crippen LogP contribution in [0.15, 0.2) is 30.6 Å². The van der Waals surface area contributed by atoms with Gasteiger partial charge in [-0.1, -0.05) is 0 Å². The minimum Gasteiger partial charge on any atom is -0.491 e. The number of methoxy groups -OCH3 is 1. The molecule has 0 saturated carbocycles. The fourth-order valence-electron chi connectivity index (χ4n) is 3.68. The largest absolute Gasteiger partial charge is 0.491 e. The van der Waals surface area contributed by atoms with Crippen LogP contribution in [0.5, 0.6) is 5.75 Å². The SMILES string of the molecule is COCCOc1ccc(N)c(C(=N)c2cc(N3CC4CCC(C3)O4)ncn2)c1. The first-order valence-electron chi connectivity index (χ1n) is 9.47. The van der Waals surface area contributed by atoms with Crippen LogP contribution in [0.2, 0.25) is 0 Å². The Hall–Kier alpha value is -2.71. The highest BCUT2D eigenvalue weighted by atomic mass is 16.5. The molecule has 0 amide bonds. The number of hydrogen-bond donors (Lipinski definition) is 2. The van der Waals surface area contributed by atoms with Crippen molar-refractivity contribution in [2.45, 2.75) is 25.0 Å². The zero-order valence-electron chi connectivity index (χ0n) is 15.9. The van der Waals surface area contributed by atoms with Crippen LogP contribution in [-0.2, 0) is 9.47 Å². The molecule has 3 N–H and O–H groups in total. The van der Waals surface area contributed by atoms with E-state index in [9.17, 15) is 0 Å². The predicted molar refractivity (Wildman–Crippen MR) is 106 cm³/mol. The minimum absolute atomic E-state index is 0.245. The summed E-state index contributed by atoms with van der Waals surface area (Å²) in [7, 11) is 1.63. The van der Waals surface area contributed by atoms with Crippen molar-refractivity contribution in [2.24, 2.45) is 0 Å². The van der Waals surface area contributed by atoms with Gasteiger partial charge >= 0.3 is 0 Å². The highest BCUT2D eigenvalue weighted by Crippen LogP contribution is 2.29. The number of benzene rings is 1. The number of nitrogen functional groups attached to an aromatic ring is 1. The first-order valence-corrected chi connectivity index (χ1v) is 9.47. The van der Waals surface area contributed by atoms with Crippen molar-refractivity contribution in [1.82, 2.24) is 9.97 Å². The lowest BCUT2D eigenvalue weighted by Crippen LogP contribution is -2.43. The van der Waals surface area contributed by atoms with Crippen LogP contribution in [0.1, 0.15) is 24.1 Å². The van der Waals surface area contributed by atoms with Crippen LogP contribution in [0.25, 0.3) is 0 Å². The maximum atomic E-state index is 8.63. The average molecular weight is 383 g/mol. The second-order valence-corrected chi connectivity index (χ2v) is 7.09. The molecule has 0 radical (unpaired) electrons. The van der Waals surface area contributed by atoms with Gasteiger partial charge in [-0.05, 0) is 31.0 Å². The molecule has 4 rings (SSSR count). The molecule has 148 valence electrons. The molecule has 2 unspecified atom stereocenters. The molecule has 0 spiro atoms. The quantitative estimate of drug-likeness (QED) is 0.427. The van der Waals surface area contributed by atoms with Crippen molar-refractivity contribution in [1.29, 1.82) is 5.41 Å². The summed E-state index contributed by atoms with van der Waals surface area (Å²) >= 11 is 0. The van der Waals surface area contributed by atoms with Crippen LogP contribution in [0.4, 0.5) is 11.5 Å². The van der Waals surface area contributed by atoms with E-state index >= 15 is 0 Å². The normalized spacial score (nSPS) is 21.0. The Kier molecular flexibility index (Phi) is 5.40. The van der Waals surface area contributed by atoms with Crippen molar-refractivity contribution in [3.05, 3.63) is 41.9 Å². The summed E-state index contributed by atoms with van der Waals surface area (Å²) in [6, 6.07) is 7.15. The molecule has 0 aliphatic carbocycles. The summed E-state index contributed by atoms with van der Waals surface area (Å²) in [5.41, 5.74) is 7.99. The van der Waals surface area contributed by atoms with Gasteiger partial charge in [-0.2, -0.15) is 0 Å². The molecule has 2 bridgehead atoms. The number of nitrogens with one attached hydrogen (secondary N) is 1. The van der Waals surface area contributed by atoms with E-state index in [0.717, 1.165) is 31.7 Å². The molecule has 3 heterocycles. The highest BCUT2D eigenvalue weighted by Gasteiger charge is 2.34. The Bertz CT molecular complexity index is 847. The maximum absolute atomic E-state index is 8.63. The second kappa shape index (κ2) is 8.12. The Morgan fingerprint density at radius 3 is 2.75 bits per heavy atom. The lowest BCUT2D eigenvalue weighted by molar-refractivity contribution is 0.0302. The van der Waals surface area contributed by atoms with Crippen molar-refractivity contribution >= 4 is 17.2 Å². The molecule has 8 nitrogen and oxygen atoms in total. The molecule has 2 aromatic rings. The number of fused-ring (bicyclic) bond motifs is 2. The van der Waals surface area contributed by atoms with Crippen molar-refractivity contribution in [3.63, 3.8) is 0 Å². The van der Waals surface area contributed by atoms with E-state index in [1.165, 1.54) is 6.33 Å². The molecule has 2 fully saturated rings. The van der Waals surface area contributed by atoms with Crippen LogP contribution < -0.4 is 15.4 Å². The Morgan fingerprint density at radius 1 is 1.21 bits per heavy atom. The Balaban J connectivity index is 1.54. The zero-order chi connectivity index (χ0) is 19.5. The van der Waals surface area contributed by atoms with Gasteiger partial charge in [0.05, 0.1) is 30.2 Å². The van der Waals surface area contributed by atoms with Gasteiger partial charge in [0.1, 0.15) is 24.5 Å². The van der Waals surface area contributed by atoms with E-state index in [4.69, 9.17) is 25.4 Å². The van der Waals surface area contributed by atoms with Crippen molar-refractivity contribution < 1.29 is 14.2 Å². The van der Waals surface area contributed by atoms with E-state index in [0.29, 0.717) is 35.9 Å². The molecule has 2 aliphatic heterocycles. The van der Waals surface area contributed by atoms with Gasteiger partial charge in [0.15, 0.2) is 0 Å². The maximum Gasteiger partial charge on any atom is 0.132 e. The fourth-order valence-corrected chi connectivity index (χ4v) is 3.68. The topological polar surface area (TPSA) is 107 Å². The number of aromatic nitrogens is 2. The Morgan fingerprint density at radius 2 is 2.00 bits per heavy atom. The van der Waals surface area contributed by atoms with Gasteiger partial charge in [-0.15, -0.1) is 0 Å².